The molecule has 1 unspecified atom stereocenters. The molecule has 3 N–H and O–H groups in total. The Kier molecular flexibility index (Phi) is 7.39. The van der Waals surface area contributed by atoms with Crippen LogP contribution >= 0.6 is 0 Å². The lowest BCUT2D eigenvalue weighted by molar-refractivity contribution is -0.147. The maximum Gasteiger partial charge on any atom is 0.314 e. The van der Waals surface area contributed by atoms with E-state index < -0.39 is 11.4 Å². The zero-order valence-corrected chi connectivity index (χ0v) is 11.9. The molecule has 0 saturated heterocycles. The Morgan fingerprint density at radius 1 is 1.28 bits per heavy atom. The van der Waals surface area contributed by atoms with Gasteiger partial charge in [-0.25, -0.2) is 4.79 Å². The first-order valence-electron chi connectivity index (χ1n) is 6.57. The van der Waals surface area contributed by atoms with Gasteiger partial charge in [0.1, 0.15) is 0 Å². The van der Waals surface area contributed by atoms with Gasteiger partial charge in [-0.1, -0.05) is 20.8 Å². The summed E-state index contributed by atoms with van der Waals surface area (Å²) in [6.45, 7) is 8.48. The van der Waals surface area contributed by atoms with Gasteiger partial charge in [-0.3, -0.25) is 4.79 Å². The number of nitrogens with one attached hydrogen (secondary N) is 2. The van der Waals surface area contributed by atoms with E-state index in [-0.39, 0.29) is 12.6 Å². The summed E-state index contributed by atoms with van der Waals surface area (Å²) in [5.74, 6) is -0.254. The first-order valence-corrected chi connectivity index (χ1v) is 6.57. The molecule has 2 amide bonds. The molecule has 5 heteroatoms. The van der Waals surface area contributed by atoms with Crippen molar-refractivity contribution in [1.29, 1.82) is 0 Å². The third-order valence-corrected chi connectivity index (χ3v) is 3.18. The number of amides is 2. The highest BCUT2D eigenvalue weighted by Gasteiger charge is 2.31. The summed E-state index contributed by atoms with van der Waals surface area (Å²) in [4.78, 5) is 22.5. The molecule has 0 aliphatic carbocycles. The Bertz CT molecular complexity index is 279. The van der Waals surface area contributed by atoms with Crippen LogP contribution in [0.5, 0.6) is 0 Å². The van der Waals surface area contributed by atoms with E-state index in [2.05, 4.69) is 24.5 Å². The van der Waals surface area contributed by atoms with E-state index in [4.69, 9.17) is 5.11 Å². The second kappa shape index (κ2) is 7.95. The van der Waals surface area contributed by atoms with Crippen molar-refractivity contribution in [3.63, 3.8) is 0 Å². The molecule has 5 nitrogen and oxygen atoms in total. The number of aliphatic carboxylic acids is 1. The molecule has 18 heavy (non-hydrogen) atoms. The highest BCUT2D eigenvalue weighted by atomic mass is 16.4. The third-order valence-electron chi connectivity index (χ3n) is 3.18. The quantitative estimate of drug-likeness (QED) is 0.584. The maximum absolute atomic E-state index is 11.5. The molecule has 0 radical (unpaired) electrons. The molecule has 0 rings (SSSR count). The van der Waals surface area contributed by atoms with Gasteiger partial charge in [0, 0.05) is 13.1 Å². The molecule has 0 aliphatic rings. The number of rotatable bonds is 8. The number of carboxylic acids is 1. The highest BCUT2D eigenvalue weighted by molar-refractivity contribution is 5.77. The van der Waals surface area contributed by atoms with Gasteiger partial charge in [-0.15, -0.1) is 0 Å². The summed E-state index contributed by atoms with van der Waals surface area (Å²) < 4.78 is 0. The predicted octanol–water partition coefficient (Wildman–Crippen LogP) is 2.22. The summed E-state index contributed by atoms with van der Waals surface area (Å²) in [5, 5.41) is 14.4. The van der Waals surface area contributed by atoms with Crippen LogP contribution in [0.2, 0.25) is 0 Å². The van der Waals surface area contributed by atoms with Crippen LogP contribution in [0.15, 0.2) is 0 Å². The number of carboxylic acid groups (broad SMARTS) is 1. The standard InChI is InChI=1S/C13H26N2O3/c1-5-13(4,11(16)17)9-15-12(18)14-8-6-7-10(2)3/h10H,5-9H2,1-4H3,(H,16,17)(H2,14,15,18). The van der Waals surface area contributed by atoms with E-state index >= 15 is 0 Å². The second-order valence-corrected chi connectivity index (χ2v) is 5.36. The van der Waals surface area contributed by atoms with E-state index in [9.17, 15) is 9.59 Å². The average Bonchev–Trinajstić information content (AvgIpc) is 2.31. The highest BCUT2D eigenvalue weighted by Crippen LogP contribution is 2.19. The topological polar surface area (TPSA) is 78.4 Å². The summed E-state index contributed by atoms with van der Waals surface area (Å²) in [6, 6.07) is -0.292. The van der Waals surface area contributed by atoms with Gasteiger partial charge in [0.2, 0.25) is 0 Å². The van der Waals surface area contributed by atoms with Crippen LogP contribution in [-0.4, -0.2) is 30.2 Å². The van der Waals surface area contributed by atoms with Crippen molar-refractivity contribution in [2.75, 3.05) is 13.1 Å². The SMILES string of the molecule is CCC(C)(CNC(=O)NCCCC(C)C)C(=O)O. The fourth-order valence-corrected chi connectivity index (χ4v) is 1.40. The fourth-order valence-electron chi connectivity index (χ4n) is 1.40. The van der Waals surface area contributed by atoms with Gasteiger partial charge >= 0.3 is 12.0 Å². The van der Waals surface area contributed by atoms with Crippen molar-refractivity contribution >= 4 is 12.0 Å². The molecule has 0 bridgehead atoms. The van der Waals surface area contributed by atoms with Crippen molar-refractivity contribution in [3.05, 3.63) is 0 Å². The van der Waals surface area contributed by atoms with E-state index in [1.54, 1.807) is 13.8 Å². The van der Waals surface area contributed by atoms with Gasteiger partial charge in [-0.2, -0.15) is 0 Å². The van der Waals surface area contributed by atoms with Crippen LogP contribution in [0.25, 0.3) is 0 Å². The van der Waals surface area contributed by atoms with Crippen LogP contribution in [0.4, 0.5) is 4.79 Å². The smallest absolute Gasteiger partial charge is 0.314 e. The van der Waals surface area contributed by atoms with Crippen molar-refractivity contribution in [3.8, 4) is 0 Å². The molecule has 0 fully saturated rings. The summed E-state index contributed by atoms with van der Waals surface area (Å²) >= 11 is 0. The van der Waals surface area contributed by atoms with Gasteiger partial charge < -0.3 is 15.7 Å². The van der Waals surface area contributed by atoms with Crippen molar-refractivity contribution in [1.82, 2.24) is 10.6 Å². The Morgan fingerprint density at radius 3 is 2.33 bits per heavy atom. The van der Waals surface area contributed by atoms with E-state index in [0.717, 1.165) is 12.8 Å². The van der Waals surface area contributed by atoms with E-state index in [1.165, 1.54) is 0 Å². The molecular formula is C13H26N2O3. The minimum Gasteiger partial charge on any atom is -0.481 e. The first-order chi connectivity index (χ1) is 8.31. The Balaban J connectivity index is 3.86. The first kappa shape index (κ1) is 16.7. The van der Waals surface area contributed by atoms with Crippen LogP contribution in [-0.2, 0) is 4.79 Å². The molecule has 0 aromatic heterocycles. The predicted molar refractivity (Wildman–Crippen MR) is 71.5 cm³/mol. The fraction of sp³-hybridized carbons (Fsp3) is 0.846. The molecule has 1 atom stereocenters. The summed E-state index contributed by atoms with van der Waals surface area (Å²) in [7, 11) is 0. The number of carbonyl (C=O) groups is 2. The normalized spacial score (nSPS) is 14.1. The summed E-state index contributed by atoms with van der Waals surface area (Å²) in [5.41, 5.74) is -0.894. The lowest BCUT2D eigenvalue weighted by atomic mass is 9.88. The molecule has 0 saturated carbocycles. The van der Waals surface area contributed by atoms with Crippen molar-refractivity contribution < 1.29 is 14.7 Å². The van der Waals surface area contributed by atoms with Crippen molar-refractivity contribution in [2.24, 2.45) is 11.3 Å². The second-order valence-electron chi connectivity index (χ2n) is 5.36. The number of carbonyl (C=O) groups excluding carboxylic acids is 1. The molecule has 0 heterocycles. The van der Waals surface area contributed by atoms with Crippen molar-refractivity contribution in [2.45, 2.75) is 47.0 Å². The van der Waals surface area contributed by atoms with E-state index in [0.29, 0.717) is 18.9 Å². The molecule has 0 aromatic carbocycles. The maximum atomic E-state index is 11.5. The summed E-state index contributed by atoms with van der Waals surface area (Å²) in [6.07, 6.45) is 2.49. The third kappa shape index (κ3) is 6.47. The monoisotopic (exact) mass is 258 g/mol. The molecule has 106 valence electrons. The molecular weight excluding hydrogens is 232 g/mol. The van der Waals surface area contributed by atoms with Crippen LogP contribution in [0.1, 0.15) is 47.0 Å². The van der Waals surface area contributed by atoms with Gasteiger partial charge in [0.15, 0.2) is 0 Å². The van der Waals surface area contributed by atoms with Crippen LogP contribution < -0.4 is 10.6 Å². The Morgan fingerprint density at radius 2 is 1.89 bits per heavy atom. The minimum absolute atomic E-state index is 0.148. The van der Waals surface area contributed by atoms with Crippen LogP contribution in [0.3, 0.4) is 0 Å². The largest absolute Gasteiger partial charge is 0.481 e. The lowest BCUT2D eigenvalue weighted by Crippen LogP contribution is -2.44. The van der Waals surface area contributed by atoms with Gasteiger partial charge in [0.25, 0.3) is 0 Å². The zero-order valence-electron chi connectivity index (χ0n) is 11.9. The van der Waals surface area contributed by atoms with Gasteiger partial charge in [-0.05, 0) is 32.1 Å². The lowest BCUT2D eigenvalue weighted by Gasteiger charge is -2.23. The Labute approximate surface area is 109 Å². The minimum atomic E-state index is -0.894. The molecule has 0 spiro atoms. The number of hydrogen-bond acceptors (Lipinski definition) is 2. The Hall–Kier alpha value is -1.26. The molecule has 0 aliphatic heterocycles. The van der Waals surface area contributed by atoms with E-state index in [1.807, 2.05) is 0 Å². The van der Waals surface area contributed by atoms with Crippen LogP contribution in [0, 0.1) is 11.3 Å². The number of hydrogen-bond donors (Lipinski definition) is 3. The number of urea groups is 1. The van der Waals surface area contributed by atoms with Gasteiger partial charge in [0.05, 0.1) is 5.41 Å². The zero-order chi connectivity index (χ0) is 14.2. The molecule has 0 aromatic rings. The average molecular weight is 258 g/mol.